The lowest BCUT2D eigenvalue weighted by molar-refractivity contribution is -0.138. The van der Waals surface area contributed by atoms with Crippen molar-refractivity contribution in [3.05, 3.63) is 41.6 Å². The van der Waals surface area contributed by atoms with Gasteiger partial charge in [-0.3, -0.25) is 4.79 Å². The van der Waals surface area contributed by atoms with E-state index in [-0.39, 0.29) is 17.9 Å². The molecule has 0 saturated carbocycles. The summed E-state index contributed by atoms with van der Waals surface area (Å²) in [6.45, 7) is 6.80. The molecule has 0 bridgehead atoms. The van der Waals surface area contributed by atoms with E-state index in [1.54, 1.807) is 19.9 Å². The highest BCUT2D eigenvalue weighted by Gasteiger charge is 2.31. The number of esters is 1. The smallest absolute Gasteiger partial charge is 0.344 e. The Kier molecular flexibility index (Phi) is 6.37. The van der Waals surface area contributed by atoms with E-state index < -0.39 is 28.6 Å². The van der Waals surface area contributed by atoms with Crippen molar-refractivity contribution in [2.45, 2.75) is 27.7 Å². The summed E-state index contributed by atoms with van der Waals surface area (Å²) in [5, 5.41) is 0. The van der Waals surface area contributed by atoms with Crippen LogP contribution in [-0.2, 0) is 24.5 Å². The van der Waals surface area contributed by atoms with Gasteiger partial charge in [0.05, 0.1) is 17.9 Å². The molecule has 1 aromatic rings. The average molecular weight is 393 g/mol. The molecule has 2 rings (SSSR count). The van der Waals surface area contributed by atoms with Crippen molar-refractivity contribution in [1.82, 2.24) is 4.31 Å². The van der Waals surface area contributed by atoms with Gasteiger partial charge in [0.2, 0.25) is 5.91 Å². The Morgan fingerprint density at radius 3 is 2.52 bits per heavy atom. The molecule has 1 aliphatic heterocycles. The van der Waals surface area contributed by atoms with Crippen molar-refractivity contribution in [2.75, 3.05) is 24.6 Å². The minimum atomic E-state index is -4.09. The summed E-state index contributed by atoms with van der Waals surface area (Å²) in [6, 6.07) is 7.35. The Bertz CT molecular complexity index is 905. The standard InChI is InChI=1S/C18H23N3O5S/c1-5-21(15-9-7-8-13(3)10-15)17(22)12-20-11-16(18(23)26-6-2)14(4)19-27(20,24)25/h7-11H,5-6,12H2,1-4H3. The summed E-state index contributed by atoms with van der Waals surface area (Å²) in [5.74, 6) is -1.11. The molecule has 0 N–H and O–H groups in total. The minimum Gasteiger partial charge on any atom is -0.462 e. The first kappa shape index (κ1) is 20.6. The van der Waals surface area contributed by atoms with Crippen LogP contribution < -0.4 is 4.90 Å². The molecular weight excluding hydrogens is 370 g/mol. The van der Waals surface area contributed by atoms with E-state index in [0.29, 0.717) is 12.2 Å². The second kappa shape index (κ2) is 8.34. The first-order valence-electron chi connectivity index (χ1n) is 8.54. The Morgan fingerprint density at radius 1 is 1.22 bits per heavy atom. The maximum absolute atomic E-state index is 12.8. The number of aryl methyl sites for hydroxylation is 1. The van der Waals surface area contributed by atoms with Gasteiger partial charge in [0.25, 0.3) is 0 Å². The molecule has 0 fully saturated rings. The van der Waals surface area contributed by atoms with Gasteiger partial charge < -0.3 is 9.64 Å². The summed E-state index contributed by atoms with van der Waals surface area (Å²) >= 11 is 0. The zero-order valence-electron chi connectivity index (χ0n) is 15.8. The number of hydrogen-bond donors (Lipinski definition) is 0. The van der Waals surface area contributed by atoms with Gasteiger partial charge in [-0.1, -0.05) is 12.1 Å². The van der Waals surface area contributed by atoms with Crippen LogP contribution >= 0.6 is 0 Å². The van der Waals surface area contributed by atoms with Crippen molar-refractivity contribution in [2.24, 2.45) is 4.40 Å². The molecular formula is C18H23N3O5S. The topological polar surface area (TPSA) is 96.4 Å². The van der Waals surface area contributed by atoms with Gasteiger partial charge in [-0.2, -0.15) is 8.42 Å². The maximum Gasteiger partial charge on any atom is 0.344 e. The van der Waals surface area contributed by atoms with Crippen molar-refractivity contribution < 1.29 is 22.7 Å². The first-order chi connectivity index (χ1) is 12.7. The third-order valence-electron chi connectivity index (χ3n) is 3.93. The molecule has 146 valence electrons. The molecule has 1 heterocycles. The van der Waals surface area contributed by atoms with Crippen LogP contribution in [0, 0.1) is 6.92 Å². The number of nitrogens with zero attached hydrogens (tertiary/aromatic N) is 3. The van der Waals surface area contributed by atoms with E-state index in [2.05, 4.69) is 4.40 Å². The highest BCUT2D eigenvalue weighted by molar-refractivity contribution is 7.88. The molecule has 27 heavy (non-hydrogen) atoms. The molecule has 0 unspecified atom stereocenters. The van der Waals surface area contributed by atoms with E-state index in [9.17, 15) is 18.0 Å². The van der Waals surface area contributed by atoms with Crippen LogP contribution in [0.3, 0.4) is 0 Å². The fourth-order valence-corrected chi connectivity index (χ4v) is 3.69. The third-order valence-corrected chi connectivity index (χ3v) is 5.26. The number of carbonyl (C=O) groups excluding carboxylic acids is 2. The van der Waals surface area contributed by atoms with Gasteiger partial charge in [-0.25, -0.2) is 9.10 Å². The SMILES string of the molecule is CCOC(=O)C1=CN(CC(=O)N(CC)c2cccc(C)c2)S(=O)(=O)N=C1C. The third kappa shape index (κ3) is 4.73. The lowest BCUT2D eigenvalue weighted by Crippen LogP contribution is -2.42. The maximum atomic E-state index is 12.8. The molecule has 0 aromatic heterocycles. The van der Waals surface area contributed by atoms with Crippen molar-refractivity contribution in [3.63, 3.8) is 0 Å². The lowest BCUT2D eigenvalue weighted by atomic mass is 10.2. The van der Waals surface area contributed by atoms with Crippen LogP contribution in [0.5, 0.6) is 0 Å². The molecule has 1 amide bonds. The number of amides is 1. The normalized spacial score (nSPS) is 15.6. The number of hydrogen-bond acceptors (Lipinski definition) is 5. The van der Waals surface area contributed by atoms with E-state index in [1.165, 1.54) is 11.8 Å². The highest BCUT2D eigenvalue weighted by atomic mass is 32.2. The highest BCUT2D eigenvalue weighted by Crippen LogP contribution is 2.20. The summed E-state index contributed by atoms with van der Waals surface area (Å²) in [5.41, 5.74) is 1.70. The fourth-order valence-electron chi connectivity index (χ4n) is 2.63. The van der Waals surface area contributed by atoms with Gasteiger partial charge >= 0.3 is 16.2 Å². The van der Waals surface area contributed by atoms with Crippen LogP contribution in [0.25, 0.3) is 0 Å². The first-order valence-corrected chi connectivity index (χ1v) is 9.94. The molecule has 0 spiro atoms. The van der Waals surface area contributed by atoms with Crippen molar-refractivity contribution in [3.8, 4) is 0 Å². The quantitative estimate of drug-likeness (QED) is 0.687. The molecule has 0 radical (unpaired) electrons. The number of anilines is 1. The van der Waals surface area contributed by atoms with E-state index in [4.69, 9.17) is 4.74 Å². The van der Waals surface area contributed by atoms with Gasteiger partial charge in [-0.15, -0.1) is 4.40 Å². The number of ether oxygens (including phenoxy) is 1. The molecule has 0 atom stereocenters. The predicted octanol–water partition coefficient (Wildman–Crippen LogP) is 1.82. The second-order valence-electron chi connectivity index (χ2n) is 5.94. The average Bonchev–Trinajstić information content (AvgIpc) is 2.57. The molecule has 1 aromatic carbocycles. The van der Waals surface area contributed by atoms with Crippen LogP contribution in [0.15, 0.2) is 40.4 Å². The largest absolute Gasteiger partial charge is 0.462 e. The van der Waals surface area contributed by atoms with E-state index in [1.807, 2.05) is 25.1 Å². The lowest BCUT2D eigenvalue weighted by Gasteiger charge is -2.27. The summed E-state index contributed by atoms with van der Waals surface area (Å²) in [4.78, 5) is 26.2. The van der Waals surface area contributed by atoms with Crippen LogP contribution in [-0.4, -0.2) is 50.0 Å². The van der Waals surface area contributed by atoms with Crippen LogP contribution in [0.1, 0.15) is 26.3 Å². The molecule has 0 saturated heterocycles. The summed E-state index contributed by atoms with van der Waals surface area (Å²) in [6.07, 6.45) is 1.11. The van der Waals surface area contributed by atoms with E-state index >= 15 is 0 Å². The Morgan fingerprint density at radius 2 is 1.93 bits per heavy atom. The number of rotatable bonds is 6. The van der Waals surface area contributed by atoms with Crippen LogP contribution in [0.4, 0.5) is 5.69 Å². The monoisotopic (exact) mass is 393 g/mol. The van der Waals surface area contributed by atoms with Gasteiger partial charge in [0.1, 0.15) is 6.54 Å². The van der Waals surface area contributed by atoms with Crippen molar-refractivity contribution >= 4 is 33.5 Å². The zero-order chi connectivity index (χ0) is 20.2. The van der Waals surface area contributed by atoms with Crippen LogP contribution in [0.2, 0.25) is 0 Å². The Balaban J connectivity index is 2.30. The molecule has 1 aliphatic rings. The Labute approximate surface area is 159 Å². The number of carbonyl (C=O) groups is 2. The van der Waals surface area contributed by atoms with Gasteiger partial charge in [0, 0.05) is 18.4 Å². The summed E-state index contributed by atoms with van der Waals surface area (Å²) < 4.78 is 33.9. The van der Waals surface area contributed by atoms with E-state index in [0.717, 1.165) is 16.1 Å². The van der Waals surface area contributed by atoms with Gasteiger partial charge in [-0.05, 0) is 45.4 Å². The zero-order valence-corrected chi connectivity index (χ0v) is 16.6. The fraction of sp³-hybridized carbons (Fsp3) is 0.389. The van der Waals surface area contributed by atoms with Crippen molar-refractivity contribution in [1.29, 1.82) is 0 Å². The summed E-state index contributed by atoms with van der Waals surface area (Å²) in [7, 11) is -4.09. The minimum absolute atomic E-state index is 0.0121. The predicted molar refractivity (Wildman–Crippen MR) is 103 cm³/mol. The molecule has 9 heteroatoms. The second-order valence-corrected chi connectivity index (χ2v) is 7.49. The number of likely N-dealkylation sites (N-methyl/N-ethyl adjacent to an activating group) is 1. The molecule has 0 aliphatic carbocycles. The Hall–Kier alpha value is -2.68. The molecule has 8 nitrogen and oxygen atoms in total. The van der Waals surface area contributed by atoms with Gasteiger partial charge in [0.15, 0.2) is 0 Å². The number of benzene rings is 1.